The molecule has 0 rings (SSSR count). The lowest BCUT2D eigenvalue weighted by Crippen LogP contribution is -2.13. The lowest BCUT2D eigenvalue weighted by molar-refractivity contribution is -0.104. The zero-order chi connectivity index (χ0) is 7.33. The van der Waals surface area contributed by atoms with E-state index in [4.69, 9.17) is 0 Å². The molecule has 0 radical (unpaired) electrons. The van der Waals surface area contributed by atoms with Crippen molar-refractivity contribution in [1.82, 2.24) is 0 Å². The zero-order valence-corrected chi connectivity index (χ0v) is 6.31. The third-order valence-corrected chi connectivity index (χ3v) is 1.86. The van der Waals surface area contributed by atoms with Gasteiger partial charge < -0.3 is 5.11 Å². The first-order valence-corrected chi connectivity index (χ1v) is 3.75. The Morgan fingerprint density at radius 3 is 2.56 bits per heavy atom. The van der Waals surface area contributed by atoms with Crippen molar-refractivity contribution in [3.05, 3.63) is 12.2 Å². The van der Waals surface area contributed by atoms with Gasteiger partial charge in [-0.25, -0.2) is 0 Å². The maximum atomic E-state index is 9.76. The Morgan fingerprint density at radius 2 is 2.22 bits per heavy atom. The summed E-state index contributed by atoms with van der Waals surface area (Å²) in [5.41, 5.74) is 0. The van der Waals surface area contributed by atoms with Gasteiger partial charge in [-0.05, 0) is 25.3 Å². The van der Waals surface area contributed by atoms with Crippen LogP contribution in [0, 0.1) is 0 Å². The van der Waals surface area contributed by atoms with Crippen LogP contribution >= 0.6 is 11.8 Å². The molecule has 3 heteroatoms. The fourth-order valence-electron chi connectivity index (χ4n) is 0.286. The highest BCUT2D eigenvalue weighted by Crippen LogP contribution is 2.18. The molecule has 0 bridgehead atoms. The van der Waals surface area contributed by atoms with Crippen LogP contribution in [0.5, 0.6) is 0 Å². The van der Waals surface area contributed by atoms with Crippen molar-refractivity contribution in [2.24, 2.45) is 0 Å². The summed E-state index contributed by atoms with van der Waals surface area (Å²) in [6, 6.07) is 0. The summed E-state index contributed by atoms with van der Waals surface area (Å²) in [7, 11) is 0. The third-order valence-electron chi connectivity index (χ3n) is 0.897. The molecule has 0 spiro atoms. The first kappa shape index (κ1) is 8.72. The maximum absolute atomic E-state index is 9.76. The average Bonchev–Trinajstić information content (AvgIpc) is 1.84. The second kappa shape index (κ2) is 3.69. The van der Waals surface area contributed by atoms with Crippen LogP contribution in [0.1, 0.15) is 6.92 Å². The minimum Gasteiger partial charge on any atom is -0.376 e. The lowest BCUT2D eigenvalue weighted by Gasteiger charge is -2.13. The maximum Gasteiger partial charge on any atom is 0.142 e. The first-order chi connectivity index (χ1) is 4.12. The minimum atomic E-state index is -0.902. The number of thioether (sulfide) groups is 1. The van der Waals surface area contributed by atoms with Crippen molar-refractivity contribution in [2.45, 2.75) is 11.9 Å². The van der Waals surface area contributed by atoms with Crippen molar-refractivity contribution < 1.29 is 9.90 Å². The first-order valence-electron chi connectivity index (χ1n) is 2.53. The third kappa shape index (κ3) is 4.24. The van der Waals surface area contributed by atoms with Crippen molar-refractivity contribution in [3.63, 3.8) is 0 Å². The Balaban J connectivity index is 3.84. The number of rotatable bonds is 3. The molecule has 1 unspecified atom stereocenters. The molecule has 2 nitrogen and oxygen atoms in total. The number of aldehydes is 1. The summed E-state index contributed by atoms with van der Waals surface area (Å²) in [4.78, 5) is 8.86. The van der Waals surface area contributed by atoms with E-state index in [2.05, 4.69) is 0 Å². The number of hydrogen-bond acceptors (Lipinski definition) is 3. The minimum absolute atomic E-state index is 0.644. The summed E-state index contributed by atoms with van der Waals surface area (Å²) >= 11 is 1.28. The monoisotopic (exact) mass is 146 g/mol. The summed E-state index contributed by atoms with van der Waals surface area (Å²) < 4.78 is 0. The van der Waals surface area contributed by atoms with E-state index < -0.39 is 4.93 Å². The van der Waals surface area contributed by atoms with Crippen LogP contribution in [0.15, 0.2) is 12.2 Å². The van der Waals surface area contributed by atoms with Crippen LogP contribution in [0.25, 0.3) is 0 Å². The van der Waals surface area contributed by atoms with Crippen molar-refractivity contribution in [2.75, 3.05) is 6.26 Å². The Morgan fingerprint density at radius 1 is 1.67 bits per heavy atom. The van der Waals surface area contributed by atoms with Crippen LogP contribution in [-0.2, 0) is 4.79 Å². The van der Waals surface area contributed by atoms with E-state index in [1.54, 1.807) is 13.2 Å². The molecule has 0 aliphatic rings. The summed E-state index contributed by atoms with van der Waals surface area (Å²) in [5, 5.41) is 9.17. The van der Waals surface area contributed by atoms with Crippen LogP contribution in [0.3, 0.4) is 0 Å². The number of carbonyl (C=O) groups is 1. The van der Waals surface area contributed by atoms with Gasteiger partial charge in [0.15, 0.2) is 0 Å². The molecular formula is C6H10O2S. The Kier molecular flexibility index (Phi) is 3.58. The second-order valence-electron chi connectivity index (χ2n) is 1.75. The standard InChI is InChI=1S/C6H10O2S/c1-6(8,9-2)4-3-5-7/h3-5,8H,1-2H3/b4-3-. The van der Waals surface area contributed by atoms with Crippen LogP contribution in [0.4, 0.5) is 0 Å². The SMILES string of the molecule is CSC(C)(O)/C=C\C=O. The van der Waals surface area contributed by atoms with Crippen molar-refractivity contribution >= 4 is 18.0 Å². The molecule has 0 aliphatic heterocycles. The van der Waals surface area contributed by atoms with Gasteiger partial charge in [-0.2, -0.15) is 0 Å². The van der Waals surface area contributed by atoms with E-state index in [1.165, 1.54) is 23.9 Å². The number of allylic oxidation sites excluding steroid dienone is 1. The molecule has 1 N–H and O–H groups in total. The average molecular weight is 146 g/mol. The van der Waals surface area contributed by atoms with Crippen LogP contribution in [0.2, 0.25) is 0 Å². The molecule has 9 heavy (non-hydrogen) atoms. The van der Waals surface area contributed by atoms with Crippen molar-refractivity contribution in [1.29, 1.82) is 0 Å². The van der Waals surface area contributed by atoms with Gasteiger partial charge >= 0.3 is 0 Å². The van der Waals surface area contributed by atoms with Crippen LogP contribution in [-0.4, -0.2) is 22.6 Å². The van der Waals surface area contributed by atoms with E-state index in [1.807, 2.05) is 0 Å². The molecule has 0 aromatic carbocycles. The molecule has 52 valence electrons. The highest BCUT2D eigenvalue weighted by molar-refractivity contribution is 7.99. The van der Waals surface area contributed by atoms with Gasteiger partial charge in [-0.1, -0.05) is 0 Å². The Bertz CT molecular complexity index is 118. The van der Waals surface area contributed by atoms with E-state index in [9.17, 15) is 9.90 Å². The summed E-state index contributed by atoms with van der Waals surface area (Å²) in [6.45, 7) is 1.62. The van der Waals surface area contributed by atoms with E-state index in [-0.39, 0.29) is 0 Å². The Hall–Kier alpha value is -0.280. The smallest absolute Gasteiger partial charge is 0.142 e. The second-order valence-corrected chi connectivity index (χ2v) is 2.99. The van der Waals surface area contributed by atoms with Gasteiger partial charge in [0.25, 0.3) is 0 Å². The zero-order valence-electron chi connectivity index (χ0n) is 5.50. The van der Waals surface area contributed by atoms with Gasteiger partial charge in [0, 0.05) is 0 Å². The normalized spacial score (nSPS) is 17.7. The number of hydrogen-bond donors (Lipinski definition) is 1. The number of carbonyl (C=O) groups excluding carboxylic acids is 1. The molecule has 1 atom stereocenters. The molecule has 0 saturated carbocycles. The molecule has 0 heterocycles. The highest BCUT2D eigenvalue weighted by atomic mass is 32.2. The number of aliphatic hydroxyl groups is 1. The van der Waals surface area contributed by atoms with Crippen LogP contribution < -0.4 is 0 Å². The van der Waals surface area contributed by atoms with E-state index in [0.29, 0.717) is 6.29 Å². The topological polar surface area (TPSA) is 37.3 Å². The van der Waals surface area contributed by atoms with Gasteiger partial charge in [0.05, 0.1) is 0 Å². The van der Waals surface area contributed by atoms with Gasteiger partial charge in [-0.3, -0.25) is 4.79 Å². The molecular weight excluding hydrogens is 136 g/mol. The Labute approximate surface area is 59.0 Å². The lowest BCUT2D eigenvalue weighted by atomic mass is 10.3. The fourth-order valence-corrected chi connectivity index (χ4v) is 0.501. The molecule has 0 aromatic heterocycles. The fraction of sp³-hybridized carbons (Fsp3) is 0.500. The molecule has 0 aliphatic carbocycles. The predicted molar refractivity (Wildman–Crippen MR) is 39.3 cm³/mol. The van der Waals surface area contributed by atoms with Gasteiger partial charge in [0.2, 0.25) is 0 Å². The highest BCUT2D eigenvalue weighted by Gasteiger charge is 2.11. The predicted octanol–water partition coefficient (Wildman–Crippen LogP) is 0.813. The molecule has 0 amide bonds. The summed E-state index contributed by atoms with van der Waals surface area (Å²) in [6.07, 6.45) is 5.15. The quantitative estimate of drug-likeness (QED) is 0.364. The summed E-state index contributed by atoms with van der Waals surface area (Å²) in [5.74, 6) is 0. The molecule has 0 saturated heterocycles. The van der Waals surface area contributed by atoms with E-state index >= 15 is 0 Å². The van der Waals surface area contributed by atoms with Gasteiger partial charge in [-0.15, -0.1) is 11.8 Å². The van der Waals surface area contributed by atoms with Crippen molar-refractivity contribution in [3.8, 4) is 0 Å². The molecule has 0 fully saturated rings. The van der Waals surface area contributed by atoms with E-state index in [0.717, 1.165) is 0 Å². The molecule has 0 aromatic rings. The largest absolute Gasteiger partial charge is 0.376 e. The van der Waals surface area contributed by atoms with Gasteiger partial charge in [0.1, 0.15) is 11.2 Å².